The van der Waals surface area contributed by atoms with Gasteiger partial charge in [-0.25, -0.2) is 13.1 Å². The lowest BCUT2D eigenvalue weighted by Gasteiger charge is -2.01. The van der Waals surface area contributed by atoms with Gasteiger partial charge in [0.2, 0.25) is 15.9 Å². The molecular weight excluding hydrogens is 312 g/mol. The number of nitrogens with zero attached hydrogens (tertiary/aromatic N) is 2. The maximum atomic E-state index is 12.2. The molecule has 0 aliphatic rings. The fourth-order valence-corrected chi connectivity index (χ4v) is 4.26. The van der Waals surface area contributed by atoms with Crippen LogP contribution in [0, 0.1) is 13.8 Å². The number of rotatable bonds is 7. The first-order chi connectivity index (χ1) is 9.92. The van der Waals surface area contributed by atoms with Crippen molar-refractivity contribution < 1.29 is 12.9 Å². The molecule has 2 heterocycles. The molecule has 9 heteroatoms. The van der Waals surface area contributed by atoms with Crippen LogP contribution in [-0.2, 0) is 23.1 Å². The van der Waals surface area contributed by atoms with Gasteiger partial charge in [0.05, 0.1) is 6.54 Å². The Morgan fingerprint density at radius 3 is 2.71 bits per heavy atom. The number of hydrogen-bond acceptors (Lipinski definition) is 7. The molecule has 0 radical (unpaired) electrons. The van der Waals surface area contributed by atoms with Crippen molar-refractivity contribution in [1.82, 2.24) is 20.2 Å². The fraction of sp³-hybridized carbons (Fsp3) is 0.500. The Labute approximate surface area is 127 Å². The lowest BCUT2D eigenvalue weighted by molar-refractivity contribution is 0.387. The Morgan fingerprint density at radius 2 is 2.10 bits per heavy atom. The molecule has 0 atom stereocenters. The lowest BCUT2D eigenvalue weighted by atomic mass is 10.3. The summed E-state index contributed by atoms with van der Waals surface area (Å²) in [5.74, 6) is 0.723. The van der Waals surface area contributed by atoms with Crippen LogP contribution in [0.15, 0.2) is 14.8 Å². The number of nitrogens with one attached hydrogen (secondary N) is 2. The van der Waals surface area contributed by atoms with Gasteiger partial charge < -0.3 is 9.84 Å². The van der Waals surface area contributed by atoms with Crippen molar-refractivity contribution in [2.45, 2.75) is 38.1 Å². The number of aromatic nitrogens is 2. The summed E-state index contributed by atoms with van der Waals surface area (Å²) >= 11 is 1.27. The van der Waals surface area contributed by atoms with Crippen molar-refractivity contribution >= 4 is 21.4 Å². The van der Waals surface area contributed by atoms with Crippen molar-refractivity contribution in [2.75, 3.05) is 6.54 Å². The van der Waals surface area contributed by atoms with Crippen LogP contribution < -0.4 is 10.0 Å². The molecule has 0 aliphatic heterocycles. The summed E-state index contributed by atoms with van der Waals surface area (Å²) in [6.45, 7) is 7.10. The number of aryl methyl sites for hydroxylation is 2. The van der Waals surface area contributed by atoms with E-state index in [4.69, 9.17) is 4.52 Å². The summed E-state index contributed by atoms with van der Waals surface area (Å²) < 4.78 is 32.1. The number of thiophene rings is 1. The van der Waals surface area contributed by atoms with Crippen LogP contribution in [0.2, 0.25) is 0 Å². The van der Waals surface area contributed by atoms with Crippen LogP contribution >= 0.6 is 11.3 Å². The minimum absolute atomic E-state index is 0.0131. The Kier molecular flexibility index (Phi) is 5.09. The standard InChI is InChI=1S/C12H18N4O3S2/c1-4-13-6-10-8(2)5-12(20-10)21(17,18)14-7-11-15-9(3)19-16-11/h5,13-14H,4,6-7H2,1-3H3. The van der Waals surface area contributed by atoms with Crippen LogP contribution in [0.5, 0.6) is 0 Å². The van der Waals surface area contributed by atoms with Gasteiger partial charge in [-0.1, -0.05) is 12.1 Å². The zero-order valence-electron chi connectivity index (χ0n) is 12.1. The average Bonchev–Trinajstić information content (AvgIpc) is 3.01. The predicted octanol–water partition coefficient (Wildman–Crippen LogP) is 1.34. The maximum Gasteiger partial charge on any atom is 0.250 e. The van der Waals surface area contributed by atoms with E-state index in [0.717, 1.165) is 17.0 Å². The van der Waals surface area contributed by atoms with E-state index in [-0.39, 0.29) is 6.54 Å². The minimum atomic E-state index is -3.56. The second kappa shape index (κ2) is 6.65. The first-order valence-electron chi connectivity index (χ1n) is 6.51. The monoisotopic (exact) mass is 330 g/mol. The first kappa shape index (κ1) is 16.1. The molecule has 116 valence electrons. The Morgan fingerprint density at radius 1 is 1.33 bits per heavy atom. The third-order valence-corrected chi connectivity index (χ3v) is 5.90. The lowest BCUT2D eigenvalue weighted by Crippen LogP contribution is -2.23. The van der Waals surface area contributed by atoms with E-state index in [0.29, 0.717) is 22.5 Å². The quantitative estimate of drug-likeness (QED) is 0.795. The summed E-state index contributed by atoms with van der Waals surface area (Å²) in [6, 6.07) is 1.68. The van der Waals surface area contributed by atoms with E-state index in [1.165, 1.54) is 11.3 Å². The third-order valence-electron chi connectivity index (χ3n) is 2.79. The molecule has 0 unspecified atom stereocenters. The van der Waals surface area contributed by atoms with Crippen LogP contribution in [0.1, 0.15) is 29.1 Å². The predicted molar refractivity (Wildman–Crippen MR) is 79.5 cm³/mol. The molecule has 0 aliphatic carbocycles. The molecule has 2 aromatic heterocycles. The highest BCUT2D eigenvalue weighted by molar-refractivity contribution is 7.91. The Bertz CT molecular complexity index is 706. The number of sulfonamides is 1. The van der Waals surface area contributed by atoms with Crippen LogP contribution in [0.3, 0.4) is 0 Å². The SMILES string of the molecule is CCNCc1sc(S(=O)(=O)NCc2noc(C)n2)cc1C. The van der Waals surface area contributed by atoms with Crippen LogP contribution in [0.25, 0.3) is 0 Å². The van der Waals surface area contributed by atoms with Gasteiger partial charge >= 0.3 is 0 Å². The molecule has 2 aromatic rings. The summed E-state index contributed by atoms with van der Waals surface area (Å²) in [5, 5.41) is 6.85. The molecule has 2 N–H and O–H groups in total. The smallest absolute Gasteiger partial charge is 0.250 e. The summed E-state index contributed by atoms with van der Waals surface area (Å²) in [7, 11) is -3.56. The van der Waals surface area contributed by atoms with Crippen LogP contribution in [-0.4, -0.2) is 25.1 Å². The molecule has 2 rings (SSSR count). The second-order valence-corrected chi connectivity index (χ2v) is 7.64. The Hall–Kier alpha value is -1.29. The minimum Gasteiger partial charge on any atom is -0.340 e. The zero-order valence-corrected chi connectivity index (χ0v) is 13.8. The highest BCUT2D eigenvalue weighted by Gasteiger charge is 2.19. The van der Waals surface area contributed by atoms with Crippen LogP contribution in [0.4, 0.5) is 0 Å². The molecule has 0 amide bonds. The highest BCUT2D eigenvalue weighted by Crippen LogP contribution is 2.25. The fourth-order valence-electron chi connectivity index (χ4n) is 1.68. The highest BCUT2D eigenvalue weighted by atomic mass is 32.2. The van der Waals surface area contributed by atoms with E-state index in [1.807, 2.05) is 13.8 Å². The average molecular weight is 330 g/mol. The van der Waals surface area contributed by atoms with Gasteiger partial charge in [0.1, 0.15) is 4.21 Å². The largest absolute Gasteiger partial charge is 0.340 e. The van der Waals surface area contributed by atoms with Gasteiger partial charge in [0.15, 0.2) is 5.82 Å². The molecular formula is C12H18N4O3S2. The topological polar surface area (TPSA) is 97.1 Å². The molecule has 0 fully saturated rings. The molecule has 0 saturated heterocycles. The maximum absolute atomic E-state index is 12.2. The molecule has 0 saturated carbocycles. The van der Waals surface area contributed by atoms with E-state index < -0.39 is 10.0 Å². The first-order valence-corrected chi connectivity index (χ1v) is 8.81. The molecule has 0 aromatic carbocycles. The second-order valence-electron chi connectivity index (χ2n) is 4.51. The van der Waals surface area contributed by atoms with Crippen molar-refractivity contribution in [3.05, 3.63) is 28.2 Å². The van der Waals surface area contributed by atoms with Gasteiger partial charge in [-0.2, -0.15) is 4.98 Å². The summed E-state index contributed by atoms with van der Waals surface area (Å²) in [5.41, 5.74) is 0.969. The van der Waals surface area contributed by atoms with Crippen molar-refractivity contribution in [3.63, 3.8) is 0 Å². The van der Waals surface area contributed by atoms with Crippen molar-refractivity contribution in [3.8, 4) is 0 Å². The normalized spacial score (nSPS) is 12.0. The van der Waals surface area contributed by atoms with Gasteiger partial charge in [-0.15, -0.1) is 11.3 Å². The van der Waals surface area contributed by atoms with E-state index in [1.54, 1.807) is 13.0 Å². The van der Waals surface area contributed by atoms with Crippen molar-refractivity contribution in [1.29, 1.82) is 0 Å². The summed E-state index contributed by atoms with van der Waals surface area (Å²) in [6.07, 6.45) is 0. The van der Waals surface area contributed by atoms with Gasteiger partial charge in [-0.3, -0.25) is 0 Å². The Balaban J connectivity index is 2.08. The summed E-state index contributed by atoms with van der Waals surface area (Å²) in [4.78, 5) is 4.98. The molecule has 7 nitrogen and oxygen atoms in total. The van der Waals surface area contributed by atoms with E-state index in [2.05, 4.69) is 20.2 Å². The third kappa shape index (κ3) is 4.10. The van der Waals surface area contributed by atoms with Gasteiger partial charge in [0, 0.05) is 18.3 Å². The number of hydrogen-bond donors (Lipinski definition) is 2. The molecule has 0 spiro atoms. The van der Waals surface area contributed by atoms with E-state index >= 15 is 0 Å². The molecule has 0 bridgehead atoms. The van der Waals surface area contributed by atoms with Gasteiger partial charge in [-0.05, 0) is 25.1 Å². The van der Waals surface area contributed by atoms with E-state index in [9.17, 15) is 8.42 Å². The van der Waals surface area contributed by atoms with Gasteiger partial charge in [0.25, 0.3) is 0 Å². The van der Waals surface area contributed by atoms with Crippen molar-refractivity contribution in [2.24, 2.45) is 0 Å². The zero-order chi connectivity index (χ0) is 15.5. The molecule has 21 heavy (non-hydrogen) atoms.